The zero-order chi connectivity index (χ0) is 16.0. The van der Waals surface area contributed by atoms with E-state index in [-0.39, 0.29) is 5.75 Å². The molecule has 0 spiro atoms. The fourth-order valence-electron chi connectivity index (χ4n) is 1.75. The van der Waals surface area contributed by atoms with E-state index in [4.69, 9.17) is 5.11 Å². The van der Waals surface area contributed by atoms with Crippen molar-refractivity contribution < 1.29 is 24.5 Å². The fraction of sp³-hybridized carbons (Fsp3) is 0.0769. The van der Waals surface area contributed by atoms with Crippen LogP contribution in [0.1, 0.15) is 0 Å². The number of hydrogen-bond donors (Lipinski definition) is 1. The molecule has 2 rings (SSSR count). The second-order valence-electron chi connectivity index (χ2n) is 4.54. The molecule has 21 heavy (non-hydrogen) atoms. The summed E-state index contributed by atoms with van der Waals surface area (Å²) in [6.45, 7) is 0. The predicted octanol–water partition coefficient (Wildman–Crippen LogP) is 5.82. The Kier molecular flexibility index (Phi) is 2.96. The van der Waals surface area contributed by atoms with Crippen LogP contribution in [-0.4, -0.2) is 12.2 Å². The minimum absolute atomic E-state index is 0.0448. The number of benzene rings is 2. The number of rotatable bonds is 3. The fourth-order valence-corrected chi connectivity index (χ4v) is 2.40. The van der Waals surface area contributed by atoms with Gasteiger partial charge in [-0.05, 0) is 48.5 Å². The van der Waals surface area contributed by atoms with Crippen LogP contribution < -0.4 is 4.90 Å². The highest BCUT2D eigenvalue weighted by molar-refractivity contribution is 8.45. The Morgan fingerprint density at radius 1 is 0.762 bits per heavy atom. The smallest absolute Gasteiger partial charge is 0.310 e. The van der Waals surface area contributed by atoms with Gasteiger partial charge in [-0.2, -0.15) is 0 Å². The number of anilines is 2. The topological polar surface area (TPSA) is 23.5 Å². The first-order valence-corrected chi connectivity index (χ1v) is 7.69. The van der Waals surface area contributed by atoms with E-state index in [0.717, 1.165) is 12.1 Å². The van der Waals surface area contributed by atoms with E-state index in [1.54, 1.807) is 19.2 Å². The zero-order valence-electron chi connectivity index (χ0n) is 10.8. The van der Waals surface area contributed by atoms with Gasteiger partial charge in [0.05, 0.1) is 0 Å². The number of aromatic hydroxyl groups is 1. The molecule has 0 amide bonds. The molecule has 0 aliphatic heterocycles. The largest absolute Gasteiger partial charge is 0.508 e. The van der Waals surface area contributed by atoms with E-state index in [0.29, 0.717) is 23.5 Å². The summed E-state index contributed by atoms with van der Waals surface area (Å²) in [5.74, 6) is 0.0448. The summed E-state index contributed by atoms with van der Waals surface area (Å²) in [5.41, 5.74) is 0.902. The average molecular weight is 325 g/mol. The highest BCUT2D eigenvalue weighted by atomic mass is 32.5. The highest BCUT2D eigenvalue weighted by Crippen LogP contribution is 3.02. The Hall–Kier alpha value is -1.96. The van der Waals surface area contributed by atoms with E-state index in [1.807, 2.05) is 0 Å². The summed E-state index contributed by atoms with van der Waals surface area (Å²) in [4.78, 5) is -0.410. The molecule has 0 bridgehead atoms. The Balaban J connectivity index is 2.34. The van der Waals surface area contributed by atoms with Crippen LogP contribution in [0.25, 0.3) is 0 Å². The van der Waals surface area contributed by atoms with Crippen molar-refractivity contribution in [1.29, 1.82) is 0 Å². The first-order chi connectivity index (χ1) is 9.36. The summed E-state index contributed by atoms with van der Waals surface area (Å²) in [5, 5.41) is 9.17. The molecule has 0 atom stereocenters. The van der Waals surface area contributed by atoms with Crippen molar-refractivity contribution in [3.63, 3.8) is 0 Å². The Morgan fingerprint density at radius 2 is 1.14 bits per heavy atom. The monoisotopic (exact) mass is 325 g/mol. The van der Waals surface area contributed by atoms with Gasteiger partial charge in [-0.25, -0.2) is 0 Å². The molecule has 0 fully saturated rings. The molecular formula is C13H12F5NOS. The average Bonchev–Trinajstić information content (AvgIpc) is 2.36. The third-order valence-corrected chi connectivity index (χ3v) is 4.07. The van der Waals surface area contributed by atoms with Gasteiger partial charge in [0, 0.05) is 18.4 Å². The number of hydrogen-bond acceptors (Lipinski definition) is 2. The van der Waals surface area contributed by atoms with Gasteiger partial charge in [0.1, 0.15) is 10.6 Å². The summed E-state index contributed by atoms with van der Waals surface area (Å²) in [6, 6.07) is 8.60. The summed E-state index contributed by atoms with van der Waals surface area (Å²) >= 11 is 0. The van der Waals surface area contributed by atoms with Crippen LogP contribution in [0.15, 0.2) is 53.4 Å². The van der Waals surface area contributed by atoms with Gasteiger partial charge in [0.2, 0.25) is 0 Å². The molecule has 0 heterocycles. The maximum atomic E-state index is 12.6. The lowest BCUT2D eigenvalue weighted by Gasteiger charge is -2.40. The van der Waals surface area contributed by atoms with Crippen LogP contribution >= 0.6 is 10.2 Å². The summed E-state index contributed by atoms with van der Waals surface area (Å²) in [6.07, 6.45) is 0. The Bertz CT molecular complexity index is 652. The van der Waals surface area contributed by atoms with Crippen LogP contribution in [0.5, 0.6) is 5.75 Å². The normalized spacial score (nSPS) is 15.1. The number of phenolic OH excluding ortho intramolecular Hbond substituents is 1. The van der Waals surface area contributed by atoms with Crippen molar-refractivity contribution in [3.8, 4) is 5.75 Å². The van der Waals surface area contributed by atoms with Gasteiger partial charge in [-0.1, -0.05) is 19.4 Å². The van der Waals surface area contributed by atoms with Gasteiger partial charge >= 0.3 is 10.2 Å². The maximum Gasteiger partial charge on any atom is 0.310 e. The third-order valence-electron chi connectivity index (χ3n) is 2.91. The molecule has 0 radical (unpaired) electrons. The SMILES string of the molecule is CN(c1ccc(O)cc1)c1ccc(S(F)(F)(F)(F)F)cc1. The minimum atomic E-state index is -9.63. The third kappa shape index (κ3) is 3.57. The quantitative estimate of drug-likeness (QED) is 0.719. The molecular weight excluding hydrogens is 313 g/mol. The Morgan fingerprint density at radius 3 is 1.52 bits per heavy atom. The van der Waals surface area contributed by atoms with Crippen LogP contribution in [0.4, 0.5) is 30.8 Å². The molecule has 1 N–H and O–H groups in total. The summed E-state index contributed by atoms with van der Waals surface area (Å²) in [7, 11) is -8.06. The van der Waals surface area contributed by atoms with Crippen molar-refractivity contribution in [2.45, 2.75) is 4.90 Å². The first-order valence-electron chi connectivity index (χ1n) is 5.74. The van der Waals surface area contributed by atoms with Crippen LogP contribution in [-0.2, 0) is 0 Å². The van der Waals surface area contributed by atoms with Crippen molar-refractivity contribution in [2.24, 2.45) is 0 Å². The van der Waals surface area contributed by atoms with Crippen LogP contribution in [0, 0.1) is 0 Å². The van der Waals surface area contributed by atoms with Crippen molar-refractivity contribution in [3.05, 3.63) is 48.5 Å². The second kappa shape index (κ2) is 4.03. The lowest BCUT2D eigenvalue weighted by Crippen LogP contribution is -2.10. The molecule has 0 aliphatic rings. The van der Waals surface area contributed by atoms with Gasteiger partial charge in [-0.3, -0.25) is 0 Å². The first kappa shape index (κ1) is 15.4. The van der Waals surface area contributed by atoms with E-state index in [9.17, 15) is 19.4 Å². The molecule has 2 aromatic carbocycles. The zero-order valence-corrected chi connectivity index (χ0v) is 11.6. The molecule has 8 heteroatoms. The van der Waals surface area contributed by atoms with Gasteiger partial charge < -0.3 is 10.0 Å². The van der Waals surface area contributed by atoms with Gasteiger partial charge in [0.25, 0.3) is 0 Å². The van der Waals surface area contributed by atoms with Gasteiger partial charge in [-0.15, -0.1) is 0 Å². The molecule has 2 nitrogen and oxygen atoms in total. The predicted molar refractivity (Wildman–Crippen MR) is 74.0 cm³/mol. The van der Waals surface area contributed by atoms with E-state index in [1.165, 1.54) is 17.0 Å². The van der Waals surface area contributed by atoms with Crippen LogP contribution in [0.2, 0.25) is 0 Å². The van der Waals surface area contributed by atoms with E-state index < -0.39 is 15.1 Å². The van der Waals surface area contributed by atoms with Crippen molar-refractivity contribution in [2.75, 3.05) is 11.9 Å². The lowest BCUT2D eigenvalue weighted by molar-refractivity contribution is 0.364. The number of halogens is 5. The van der Waals surface area contributed by atoms with Crippen molar-refractivity contribution in [1.82, 2.24) is 0 Å². The summed E-state index contributed by atoms with van der Waals surface area (Å²) < 4.78 is 63.0. The minimum Gasteiger partial charge on any atom is -0.508 e. The Labute approximate surface area is 118 Å². The standard InChI is InChI=1S/C13H12F5NOS/c1-19(10-2-6-12(20)7-3-10)11-4-8-13(9-5-11)21(14,15,16,17)18/h2-9,20H,1H3. The van der Waals surface area contributed by atoms with E-state index >= 15 is 0 Å². The second-order valence-corrected chi connectivity index (χ2v) is 6.95. The van der Waals surface area contributed by atoms with Gasteiger partial charge in [0.15, 0.2) is 0 Å². The molecule has 0 aliphatic carbocycles. The molecule has 116 valence electrons. The van der Waals surface area contributed by atoms with Crippen LogP contribution in [0.3, 0.4) is 0 Å². The highest BCUT2D eigenvalue weighted by Gasteiger charge is 2.65. The number of nitrogens with zero attached hydrogens (tertiary/aromatic N) is 1. The van der Waals surface area contributed by atoms with E-state index in [2.05, 4.69) is 0 Å². The van der Waals surface area contributed by atoms with Crippen molar-refractivity contribution >= 4 is 21.6 Å². The molecule has 0 unspecified atom stereocenters. The molecule has 0 saturated heterocycles. The maximum absolute atomic E-state index is 12.6. The lowest BCUT2D eigenvalue weighted by atomic mass is 10.2. The number of phenols is 1. The molecule has 0 aromatic heterocycles. The molecule has 2 aromatic rings. The molecule has 0 saturated carbocycles.